The van der Waals surface area contributed by atoms with Gasteiger partial charge in [-0.3, -0.25) is 0 Å². The van der Waals surface area contributed by atoms with E-state index < -0.39 is 10.0 Å². The second-order valence-electron chi connectivity index (χ2n) is 4.12. The molecular weight excluding hydrogens is 384 g/mol. The van der Waals surface area contributed by atoms with Crippen LogP contribution in [-0.4, -0.2) is 25.3 Å². The van der Waals surface area contributed by atoms with E-state index in [0.717, 1.165) is 0 Å². The van der Waals surface area contributed by atoms with Crippen molar-refractivity contribution in [2.24, 2.45) is 0 Å². The van der Waals surface area contributed by atoms with Gasteiger partial charge in [-0.25, -0.2) is 8.42 Å². The number of rotatable bonds is 4. The fraction of sp³-hybridized carbons (Fsp3) is 0.455. The van der Waals surface area contributed by atoms with Gasteiger partial charge in [0, 0.05) is 27.2 Å². The molecule has 0 aliphatic heterocycles. The molecule has 0 spiro atoms. The fourth-order valence-corrected chi connectivity index (χ4v) is 5.95. The van der Waals surface area contributed by atoms with Gasteiger partial charge in [-0.2, -0.15) is 4.31 Å². The van der Waals surface area contributed by atoms with E-state index in [1.165, 1.54) is 4.31 Å². The van der Waals surface area contributed by atoms with Crippen molar-refractivity contribution in [1.29, 1.82) is 0 Å². The lowest BCUT2D eigenvalue weighted by atomic mass is 10.3. The molecule has 0 saturated carbocycles. The summed E-state index contributed by atoms with van der Waals surface area (Å²) in [5.41, 5.74) is 6.17. The summed E-state index contributed by atoms with van der Waals surface area (Å²) in [4.78, 5) is 0.215. The summed E-state index contributed by atoms with van der Waals surface area (Å²) in [5, 5.41) is 0. The Morgan fingerprint density at radius 1 is 1.28 bits per heavy atom. The molecule has 0 amide bonds. The Morgan fingerprint density at radius 2 is 1.72 bits per heavy atom. The standard InChI is InChI=1S/C11H16Br2N2O2S/c1-4-15(7(2)3)18(16,17)11-9(12)5-8(14)6-10(11)13/h5-7H,4,14H2,1-3H3. The molecule has 0 fully saturated rings. The molecule has 1 aromatic rings. The van der Waals surface area contributed by atoms with E-state index in [0.29, 0.717) is 21.2 Å². The average molecular weight is 400 g/mol. The molecule has 0 bridgehead atoms. The number of sulfonamides is 1. The highest BCUT2D eigenvalue weighted by Crippen LogP contribution is 2.34. The lowest BCUT2D eigenvalue weighted by molar-refractivity contribution is 0.368. The third kappa shape index (κ3) is 3.07. The van der Waals surface area contributed by atoms with E-state index in [9.17, 15) is 8.42 Å². The smallest absolute Gasteiger partial charge is 0.245 e. The molecule has 0 aliphatic rings. The molecule has 0 aliphatic carbocycles. The van der Waals surface area contributed by atoms with Crippen LogP contribution in [0.4, 0.5) is 5.69 Å². The summed E-state index contributed by atoms with van der Waals surface area (Å²) < 4.78 is 27.5. The maximum atomic E-state index is 12.6. The molecule has 18 heavy (non-hydrogen) atoms. The maximum Gasteiger partial charge on any atom is 0.245 e. The number of hydrogen-bond acceptors (Lipinski definition) is 3. The number of anilines is 1. The summed E-state index contributed by atoms with van der Waals surface area (Å²) in [6, 6.07) is 3.08. The number of benzene rings is 1. The molecule has 2 N–H and O–H groups in total. The van der Waals surface area contributed by atoms with Gasteiger partial charge in [-0.15, -0.1) is 0 Å². The molecule has 0 atom stereocenters. The minimum Gasteiger partial charge on any atom is -0.399 e. The lowest BCUT2D eigenvalue weighted by Gasteiger charge is -2.25. The lowest BCUT2D eigenvalue weighted by Crippen LogP contribution is -2.37. The van der Waals surface area contributed by atoms with Gasteiger partial charge in [-0.1, -0.05) is 6.92 Å². The van der Waals surface area contributed by atoms with Crippen LogP contribution in [0.25, 0.3) is 0 Å². The Bertz CT molecular complexity index is 521. The first kappa shape index (κ1) is 15.9. The van der Waals surface area contributed by atoms with Crippen molar-refractivity contribution in [2.45, 2.75) is 31.7 Å². The van der Waals surface area contributed by atoms with Crippen LogP contribution in [0.15, 0.2) is 26.0 Å². The monoisotopic (exact) mass is 398 g/mol. The molecule has 0 aromatic heterocycles. The van der Waals surface area contributed by atoms with E-state index in [-0.39, 0.29) is 10.9 Å². The fourth-order valence-electron chi connectivity index (χ4n) is 1.76. The molecule has 7 heteroatoms. The van der Waals surface area contributed by atoms with Crippen LogP contribution >= 0.6 is 31.9 Å². The second-order valence-corrected chi connectivity index (χ2v) is 7.65. The predicted molar refractivity (Wildman–Crippen MR) is 81.0 cm³/mol. The van der Waals surface area contributed by atoms with Gasteiger partial charge in [0.2, 0.25) is 10.0 Å². The zero-order chi connectivity index (χ0) is 14.1. The van der Waals surface area contributed by atoms with Crippen LogP contribution in [0.5, 0.6) is 0 Å². The number of nitrogens with zero attached hydrogens (tertiary/aromatic N) is 1. The van der Waals surface area contributed by atoms with Crippen molar-refractivity contribution in [3.8, 4) is 0 Å². The minimum atomic E-state index is -3.54. The molecular formula is C11H16Br2N2O2S. The van der Waals surface area contributed by atoms with Gasteiger partial charge < -0.3 is 5.73 Å². The van der Waals surface area contributed by atoms with E-state index >= 15 is 0 Å². The third-order valence-electron chi connectivity index (χ3n) is 2.47. The summed E-state index contributed by atoms with van der Waals surface area (Å²) >= 11 is 6.53. The molecule has 1 aromatic carbocycles. The van der Waals surface area contributed by atoms with Gasteiger partial charge in [-0.05, 0) is 57.8 Å². The van der Waals surface area contributed by atoms with E-state index in [1.807, 2.05) is 20.8 Å². The van der Waals surface area contributed by atoms with Crippen molar-refractivity contribution in [1.82, 2.24) is 4.31 Å². The summed E-state index contributed by atoms with van der Waals surface area (Å²) in [5.74, 6) is 0. The zero-order valence-corrected chi connectivity index (χ0v) is 14.4. The van der Waals surface area contributed by atoms with Crippen molar-refractivity contribution in [3.63, 3.8) is 0 Å². The Kier molecular flexibility index (Phi) is 5.22. The largest absolute Gasteiger partial charge is 0.399 e. The van der Waals surface area contributed by atoms with Crippen molar-refractivity contribution in [2.75, 3.05) is 12.3 Å². The number of halogens is 2. The second kappa shape index (κ2) is 5.90. The molecule has 0 unspecified atom stereocenters. The molecule has 1 rings (SSSR count). The Hall–Kier alpha value is -0.110. The average Bonchev–Trinajstić information content (AvgIpc) is 2.14. The predicted octanol–water partition coefficient (Wildman–Crippen LogP) is 3.21. The number of nitrogens with two attached hydrogens (primary N) is 1. The van der Waals surface area contributed by atoms with Crippen molar-refractivity contribution in [3.05, 3.63) is 21.1 Å². The molecule has 0 heterocycles. The summed E-state index contributed by atoms with van der Waals surface area (Å²) in [6.45, 7) is 5.93. The summed E-state index contributed by atoms with van der Waals surface area (Å²) in [7, 11) is -3.54. The van der Waals surface area contributed by atoms with E-state index in [1.54, 1.807) is 12.1 Å². The van der Waals surface area contributed by atoms with Crippen LogP contribution in [0.3, 0.4) is 0 Å². The van der Waals surface area contributed by atoms with Crippen molar-refractivity contribution >= 4 is 47.6 Å². The van der Waals surface area contributed by atoms with Gasteiger partial charge in [0.25, 0.3) is 0 Å². The Labute approximate surface area is 125 Å². The van der Waals surface area contributed by atoms with E-state index in [2.05, 4.69) is 31.9 Å². The first-order valence-corrected chi connectivity index (χ1v) is 8.50. The molecule has 0 saturated heterocycles. The topological polar surface area (TPSA) is 63.4 Å². The maximum absolute atomic E-state index is 12.6. The Balaban J connectivity index is 3.46. The van der Waals surface area contributed by atoms with Crippen LogP contribution in [0, 0.1) is 0 Å². The first-order chi connectivity index (χ1) is 8.21. The normalized spacial score (nSPS) is 12.4. The Morgan fingerprint density at radius 3 is 2.06 bits per heavy atom. The van der Waals surface area contributed by atoms with Gasteiger partial charge in [0.15, 0.2) is 0 Å². The van der Waals surface area contributed by atoms with Gasteiger partial charge >= 0.3 is 0 Å². The van der Waals surface area contributed by atoms with Gasteiger partial charge in [0.1, 0.15) is 4.90 Å². The number of nitrogen functional groups attached to an aromatic ring is 1. The molecule has 102 valence electrons. The van der Waals surface area contributed by atoms with Crippen LogP contribution in [0.1, 0.15) is 20.8 Å². The highest BCUT2D eigenvalue weighted by Gasteiger charge is 2.29. The van der Waals surface area contributed by atoms with Crippen molar-refractivity contribution < 1.29 is 8.42 Å². The minimum absolute atomic E-state index is 0.101. The van der Waals surface area contributed by atoms with E-state index in [4.69, 9.17) is 5.73 Å². The van der Waals surface area contributed by atoms with Crippen LogP contribution in [-0.2, 0) is 10.0 Å². The first-order valence-electron chi connectivity index (χ1n) is 5.48. The number of hydrogen-bond donors (Lipinski definition) is 1. The zero-order valence-electron chi connectivity index (χ0n) is 10.4. The highest BCUT2D eigenvalue weighted by atomic mass is 79.9. The molecule has 0 radical (unpaired) electrons. The SMILES string of the molecule is CCN(C(C)C)S(=O)(=O)c1c(Br)cc(N)cc1Br. The third-order valence-corrected chi connectivity index (χ3v) is 6.50. The van der Waals surface area contributed by atoms with Crippen LogP contribution < -0.4 is 5.73 Å². The highest BCUT2D eigenvalue weighted by molar-refractivity contribution is 9.11. The summed E-state index contributed by atoms with van der Waals surface area (Å²) in [6.07, 6.45) is 0. The molecule has 4 nitrogen and oxygen atoms in total. The quantitative estimate of drug-likeness (QED) is 0.790. The van der Waals surface area contributed by atoms with Gasteiger partial charge in [0.05, 0.1) is 0 Å². The van der Waals surface area contributed by atoms with Crippen LogP contribution in [0.2, 0.25) is 0 Å².